The van der Waals surface area contributed by atoms with Gasteiger partial charge >= 0.3 is 0 Å². The zero-order valence-electron chi connectivity index (χ0n) is 12.1. The van der Waals surface area contributed by atoms with Crippen molar-refractivity contribution in [3.8, 4) is 0 Å². The third-order valence-corrected chi connectivity index (χ3v) is 3.80. The van der Waals surface area contributed by atoms with Gasteiger partial charge in [0, 0.05) is 18.8 Å². The smallest absolute Gasteiger partial charge is 0.203 e. The number of rotatable bonds is 4. The fourth-order valence-corrected chi connectivity index (χ4v) is 2.54. The van der Waals surface area contributed by atoms with Crippen molar-refractivity contribution in [1.29, 1.82) is 0 Å². The molecule has 0 aromatic carbocycles. The second kappa shape index (κ2) is 5.74. The Morgan fingerprint density at radius 3 is 2.67 bits per heavy atom. The SMILES string of the molecule is Cc1cn(C(C)C)c(NCC2CCN(C)CC2)n1. The summed E-state index contributed by atoms with van der Waals surface area (Å²) in [5.41, 5.74) is 1.09. The molecule has 4 nitrogen and oxygen atoms in total. The Morgan fingerprint density at radius 1 is 1.39 bits per heavy atom. The molecule has 102 valence electrons. The minimum Gasteiger partial charge on any atom is -0.355 e. The van der Waals surface area contributed by atoms with Gasteiger partial charge < -0.3 is 14.8 Å². The fraction of sp³-hybridized carbons (Fsp3) is 0.786. The van der Waals surface area contributed by atoms with Gasteiger partial charge in [-0.25, -0.2) is 4.98 Å². The van der Waals surface area contributed by atoms with Gasteiger partial charge in [-0.2, -0.15) is 0 Å². The molecule has 1 aromatic rings. The van der Waals surface area contributed by atoms with E-state index in [1.54, 1.807) is 0 Å². The van der Waals surface area contributed by atoms with Gasteiger partial charge in [0.1, 0.15) is 0 Å². The van der Waals surface area contributed by atoms with E-state index < -0.39 is 0 Å². The van der Waals surface area contributed by atoms with E-state index in [2.05, 4.69) is 53.8 Å². The molecule has 2 heterocycles. The Kier molecular flexibility index (Phi) is 4.27. The highest BCUT2D eigenvalue weighted by Gasteiger charge is 2.17. The summed E-state index contributed by atoms with van der Waals surface area (Å²) in [6.45, 7) is 9.95. The highest BCUT2D eigenvalue weighted by atomic mass is 15.2. The number of aryl methyl sites for hydroxylation is 1. The lowest BCUT2D eigenvalue weighted by atomic mass is 9.97. The van der Waals surface area contributed by atoms with Crippen molar-refractivity contribution in [1.82, 2.24) is 14.5 Å². The average molecular weight is 250 g/mol. The molecule has 0 saturated carbocycles. The molecular weight excluding hydrogens is 224 g/mol. The quantitative estimate of drug-likeness (QED) is 0.891. The first-order valence-electron chi connectivity index (χ1n) is 7.04. The van der Waals surface area contributed by atoms with Crippen molar-refractivity contribution in [2.45, 2.75) is 39.7 Å². The molecule has 1 saturated heterocycles. The molecule has 1 aliphatic rings. The summed E-state index contributed by atoms with van der Waals surface area (Å²) in [7, 11) is 2.21. The third kappa shape index (κ3) is 3.25. The molecule has 0 spiro atoms. The van der Waals surface area contributed by atoms with Crippen LogP contribution >= 0.6 is 0 Å². The largest absolute Gasteiger partial charge is 0.355 e. The predicted octanol–water partition coefficient (Wildman–Crippen LogP) is 2.53. The average Bonchev–Trinajstić information content (AvgIpc) is 2.70. The number of piperidine rings is 1. The summed E-state index contributed by atoms with van der Waals surface area (Å²) in [6, 6.07) is 0.464. The summed E-state index contributed by atoms with van der Waals surface area (Å²) < 4.78 is 2.23. The number of aromatic nitrogens is 2. The first kappa shape index (κ1) is 13.4. The molecule has 0 bridgehead atoms. The fourth-order valence-electron chi connectivity index (χ4n) is 2.54. The van der Waals surface area contributed by atoms with E-state index in [0.717, 1.165) is 24.1 Å². The van der Waals surface area contributed by atoms with Crippen molar-refractivity contribution in [2.75, 3.05) is 32.0 Å². The van der Waals surface area contributed by atoms with Gasteiger partial charge in [-0.3, -0.25) is 0 Å². The van der Waals surface area contributed by atoms with Crippen LogP contribution in [0.2, 0.25) is 0 Å². The van der Waals surface area contributed by atoms with Gasteiger partial charge in [0.25, 0.3) is 0 Å². The summed E-state index contributed by atoms with van der Waals surface area (Å²) in [5, 5.41) is 3.53. The third-order valence-electron chi connectivity index (χ3n) is 3.80. The molecule has 1 fully saturated rings. The van der Waals surface area contributed by atoms with Crippen molar-refractivity contribution < 1.29 is 0 Å². The maximum atomic E-state index is 4.57. The molecule has 0 radical (unpaired) electrons. The van der Waals surface area contributed by atoms with Crippen LogP contribution in [0.5, 0.6) is 0 Å². The number of imidazole rings is 1. The normalized spacial score (nSPS) is 18.5. The van der Waals surface area contributed by atoms with Gasteiger partial charge in [0.15, 0.2) is 0 Å². The van der Waals surface area contributed by atoms with Crippen molar-refractivity contribution >= 4 is 5.95 Å². The van der Waals surface area contributed by atoms with Crippen LogP contribution < -0.4 is 5.32 Å². The monoisotopic (exact) mass is 250 g/mol. The minimum absolute atomic E-state index is 0.464. The van der Waals surface area contributed by atoms with Gasteiger partial charge in [0.05, 0.1) is 5.69 Å². The predicted molar refractivity (Wildman–Crippen MR) is 76.1 cm³/mol. The van der Waals surface area contributed by atoms with Crippen molar-refractivity contribution in [3.05, 3.63) is 11.9 Å². The van der Waals surface area contributed by atoms with Crippen LogP contribution in [0.4, 0.5) is 5.95 Å². The molecule has 2 rings (SSSR count). The number of nitrogens with one attached hydrogen (secondary N) is 1. The summed E-state index contributed by atoms with van der Waals surface area (Å²) in [4.78, 5) is 6.99. The summed E-state index contributed by atoms with van der Waals surface area (Å²) >= 11 is 0. The maximum absolute atomic E-state index is 4.57. The number of anilines is 1. The second-order valence-corrected chi connectivity index (χ2v) is 5.83. The van der Waals surface area contributed by atoms with E-state index in [1.165, 1.54) is 25.9 Å². The zero-order chi connectivity index (χ0) is 13.1. The Hall–Kier alpha value is -1.03. The van der Waals surface area contributed by atoms with Crippen molar-refractivity contribution in [2.24, 2.45) is 5.92 Å². The standard InChI is InChI=1S/C14H26N4/c1-11(2)18-10-12(3)16-14(18)15-9-13-5-7-17(4)8-6-13/h10-11,13H,5-9H2,1-4H3,(H,15,16). The number of nitrogens with zero attached hydrogens (tertiary/aromatic N) is 3. The van der Waals surface area contributed by atoms with Gasteiger partial charge in [-0.05, 0) is 59.7 Å². The highest BCUT2D eigenvalue weighted by molar-refractivity contribution is 5.29. The molecule has 1 N–H and O–H groups in total. The molecule has 0 atom stereocenters. The summed E-state index contributed by atoms with van der Waals surface area (Å²) in [6.07, 6.45) is 4.72. The van der Waals surface area contributed by atoms with E-state index in [4.69, 9.17) is 0 Å². The van der Waals surface area contributed by atoms with Gasteiger partial charge in [0.2, 0.25) is 5.95 Å². The van der Waals surface area contributed by atoms with Crippen LogP contribution in [0.25, 0.3) is 0 Å². The minimum atomic E-state index is 0.464. The molecule has 0 unspecified atom stereocenters. The zero-order valence-corrected chi connectivity index (χ0v) is 12.1. The first-order valence-corrected chi connectivity index (χ1v) is 7.04. The molecule has 1 aromatic heterocycles. The van der Waals surface area contributed by atoms with Crippen LogP contribution in [0, 0.1) is 12.8 Å². The Bertz CT molecular complexity index is 375. The number of hydrogen-bond donors (Lipinski definition) is 1. The number of hydrogen-bond acceptors (Lipinski definition) is 3. The first-order chi connectivity index (χ1) is 8.56. The van der Waals surface area contributed by atoms with Gasteiger partial charge in [-0.15, -0.1) is 0 Å². The number of likely N-dealkylation sites (tertiary alicyclic amines) is 1. The topological polar surface area (TPSA) is 33.1 Å². The molecule has 0 aliphatic carbocycles. The molecular formula is C14H26N4. The Labute approximate surface area is 110 Å². The van der Waals surface area contributed by atoms with Crippen LogP contribution in [-0.4, -0.2) is 41.1 Å². The van der Waals surface area contributed by atoms with E-state index in [0.29, 0.717) is 6.04 Å². The van der Waals surface area contributed by atoms with Crippen LogP contribution in [-0.2, 0) is 0 Å². The van der Waals surface area contributed by atoms with Crippen LogP contribution in [0.15, 0.2) is 6.20 Å². The highest BCUT2D eigenvalue weighted by Crippen LogP contribution is 2.19. The molecule has 1 aliphatic heterocycles. The van der Waals surface area contributed by atoms with E-state index in [1.807, 2.05) is 0 Å². The lowest BCUT2D eigenvalue weighted by molar-refractivity contribution is 0.226. The lowest BCUT2D eigenvalue weighted by Gasteiger charge is -2.29. The van der Waals surface area contributed by atoms with Gasteiger partial charge in [-0.1, -0.05) is 0 Å². The van der Waals surface area contributed by atoms with E-state index >= 15 is 0 Å². The van der Waals surface area contributed by atoms with Crippen LogP contribution in [0.3, 0.4) is 0 Å². The molecule has 18 heavy (non-hydrogen) atoms. The summed E-state index contributed by atoms with van der Waals surface area (Å²) in [5.74, 6) is 1.82. The van der Waals surface area contributed by atoms with E-state index in [9.17, 15) is 0 Å². The molecule has 0 amide bonds. The Balaban J connectivity index is 1.90. The van der Waals surface area contributed by atoms with Crippen LogP contribution in [0.1, 0.15) is 38.4 Å². The van der Waals surface area contributed by atoms with E-state index in [-0.39, 0.29) is 0 Å². The Morgan fingerprint density at radius 2 is 2.06 bits per heavy atom. The molecule has 4 heteroatoms. The second-order valence-electron chi connectivity index (χ2n) is 5.83. The maximum Gasteiger partial charge on any atom is 0.203 e. The lowest BCUT2D eigenvalue weighted by Crippen LogP contribution is -2.33. The van der Waals surface area contributed by atoms with Crippen molar-refractivity contribution in [3.63, 3.8) is 0 Å².